The standard InChI is InChI=1S/C16H14ClF2N5O4/c1-22-13-12(14(26)23(2)16(22)27)24(7-20-13)6-11(25)21-8-3-4-10(9(17)5-8)28-15(18)19/h3-5,7,15H,6H2,1-2H3,(H,21,25). The van der Waals surface area contributed by atoms with Gasteiger partial charge >= 0.3 is 12.3 Å². The Morgan fingerprint density at radius 2 is 2.00 bits per heavy atom. The summed E-state index contributed by atoms with van der Waals surface area (Å²) in [4.78, 5) is 40.6. The van der Waals surface area contributed by atoms with Gasteiger partial charge in [0.1, 0.15) is 12.3 Å². The van der Waals surface area contributed by atoms with E-state index < -0.39 is 23.8 Å². The molecule has 9 nitrogen and oxygen atoms in total. The number of rotatable bonds is 5. The molecule has 3 rings (SSSR count). The van der Waals surface area contributed by atoms with E-state index >= 15 is 0 Å². The fourth-order valence-corrected chi connectivity index (χ4v) is 2.87. The number of alkyl halides is 2. The molecule has 0 spiro atoms. The van der Waals surface area contributed by atoms with Gasteiger partial charge in [0.2, 0.25) is 5.91 Å². The molecule has 0 aliphatic rings. The predicted octanol–water partition coefficient (Wildman–Crippen LogP) is 1.33. The minimum atomic E-state index is -3.02. The molecule has 0 aliphatic carbocycles. The number of amides is 1. The topological polar surface area (TPSA) is 100 Å². The van der Waals surface area contributed by atoms with Crippen LogP contribution in [0.4, 0.5) is 14.5 Å². The average Bonchev–Trinajstić information content (AvgIpc) is 3.03. The first-order valence-electron chi connectivity index (χ1n) is 7.84. The first-order chi connectivity index (χ1) is 13.2. The third-order valence-corrected chi connectivity index (χ3v) is 4.26. The van der Waals surface area contributed by atoms with E-state index in [1.807, 2.05) is 0 Å². The summed E-state index contributed by atoms with van der Waals surface area (Å²) in [5.41, 5.74) is -0.620. The summed E-state index contributed by atoms with van der Waals surface area (Å²) in [6.07, 6.45) is 1.28. The zero-order valence-electron chi connectivity index (χ0n) is 14.6. The fraction of sp³-hybridized carbons (Fsp3) is 0.250. The van der Waals surface area contributed by atoms with Gasteiger partial charge in [-0.2, -0.15) is 8.78 Å². The largest absolute Gasteiger partial charge is 0.433 e. The number of hydrogen-bond acceptors (Lipinski definition) is 5. The number of halogens is 3. The van der Waals surface area contributed by atoms with Crippen molar-refractivity contribution < 1.29 is 18.3 Å². The lowest BCUT2D eigenvalue weighted by atomic mass is 10.3. The molecule has 0 fully saturated rings. The van der Waals surface area contributed by atoms with E-state index in [1.165, 1.54) is 47.8 Å². The quantitative estimate of drug-likeness (QED) is 0.680. The molecule has 0 bridgehead atoms. The zero-order chi connectivity index (χ0) is 20.6. The van der Waals surface area contributed by atoms with E-state index in [0.717, 1.165) is 4.57 Å². The minimum Gasteiger partial charge on any atom is -0.433 e. The lowest BCUT2D eigenvalue weighted by molar-refractivity contribution is -0.116. The van der Waals surface area contributed by atoms with E-state index in [9.17, 15) is 23.2 Å². The summed E-state index contributed by atoms with van der Waals surface area (Å²) in [5.74, 6) is -0.742. The van der Waals surface area contributed by atoms with Crippen LogP contribution in [-0.2, 0) is 25.4 Å². The molecule has 0 saturated heterocycles. The molecule has 0 atom stereocenters. The molecule has 2 heterocycles. The number of hydrogen-bond donors (Lipinski definition) is 1. The summed E-state index contributed by atoms with van der Waals surface area (Å²) in [6.45, 7) is -3.29. The van der Waals surface area contributed by atoms with Gasteiger partial charge in [-0.1, -0.05) is 11.6 Å². The fourth-order valence-electron chi connectivity index (χ4n) is 2.64. The van der Waals surface area contributed by atoms with Gasteiger partial charge in [-0.05, 0) is 18.2 Å². The first-order valence-corrected chi connectivity index (χ1v) is 8.22. The lowest BCUT2D eigenvalue weighted by Crippen LogP contribution is -2.37. The molecule has 1 N–H and O–H groups in total. The van der Waals surface area contributed by atoms with Crippen molar-refractivity contribution in [2.45, 2.75) is 13.2 Å². The number of nitrogens with one attached hydrogen (secondary N) is 1. The maximum atomic E-state index is 12.4. The number of ether oxygens (including phenoxy) is 1. The highest BCUT2D eigenvalue weighted by atomic mass is 35.5. The van der Waals surface area contributed by atoms with Crippen LogP contribution in [0.25, 0.3) is 11.2 Å². The van der Waals surface area contributed by atoms with Gasteiger partial charge in [0.15, 0.2) is 11.2 Å². The smallest absolute Gasteiger partial charge is 0.387 e. The summed E-state index contributed by atoms with van der Waals surface area (Å²) in [5, 5.41) is 2.43. The summed E-state index contributed by atoms with van der Waals surface area (Å²) in [6, 6.07) is 3.80. The lowest BCUT2D eigenvalue weighted by Gasteiger charge is -2.10. The maximum Gasteiger partial charge on any atom is 0.387 e. The van der Waals surface area contributed by atoms with Crippen LogP contribution in [0.1, 0.15) is 0 Å². The third-order valence-electron chi connectivity index (χ3n) is 3.96. The second-order valence-corrected chi connectivity index (χ2v) is 6.23. The monoisotopic (exact) mass is 413 g/mol. The van der Waals surface area contributed by atoms with Crippen molar-refractivity contribution in [2.24, 2.45) is 14.1 Å². The second kappa shape index (κ2) is 7.43. The Hall–Kier alpha value is -3.21. The number of imidazole rings is 1. The van der Waals surface area contributed by atoms with Gasteiger partial charge in [0.25, 0.3) is 5.56 Å². The highest BCUT2D eigenvalue weighted by molar-refractivity contribution is 6.32. The number of aromatic nitrogens is 4. The predicted molar refractivity (Wildman–Crippen MR) is 96.9 cm³/mol. The summed E-state index contributed by atoms with van der Waals surface area (Å²) >= 11 is 5.85. The van der Waals surface area contributed by atoms with Crippen molar-refractivity contribution in [3.63, 3.8) is 0 Å². The number of carbonyl (C=O) groups is 1. The molecule has 0 radical (unpaired) electrons. The maximum absolute atomic E-state index is 12.4. The Balaban J connectivity index is 1.84. The molecule has 12 heteroatoms. The molecule has 1 amide bonds. The van der Waals surface area contributed by atoms with Crippen LogP contribution in [0.3, 0.4) is 0 Å². The molecule has 3 aromatic rings. The molecule has 0 aliphatic heterocycles. The molecular formula is C16H14ClF2N5O4. The number of carbonyl (C=O) groups excluding carboxylic acids is 1. The van der Waals surface area contributed by atoms with E-state index in [2.05, 4.69) is 15.0 Å². The van der Waals surface area contributed by atoms with Gasteiger partial charge in [-0.3, -0.25) is 18.7 Å². The molecule has 148 valence electrons. The minimum absolute atomic E-state index is 0.0958. The number of anilines is 1. The van der Waals surface area contributed by atoms with Crippen LogP contribution in [-0.4, -0.2) is 31.2 Å². The van der Waals surface area contributed by atoms with Crippen molar-refractivity contribution >= 4 is 34.4 Å². The summed E-state index contributed by atoms with van der Waals surface area (Å²) in [7, 11) is 2.79. The SMILES string of the molecule is Cn1c(=O)c2c(ncn2CC(=O)Nc2ccc(OC(F)F)c(Cl)c2)n(C)c1=O. The van der Waals surface area contributed by atoms with Crippen molar-refractivity contribution in [1.82, 2.24) is 18.7 Å². The van der Waals surface area contributed by atoms with Crippen molar-refractivity contribution in [1.29, 1.82) is 0 Å². The van der Waals surface area contributed by atoms with E-state index in [1.54, 1.807) is 0 Å². The van der Waals surface area contributed by atoms with E-state index in [4.69, 9.17) is 11.6 Å². The molecule has 1 aromatic carbocycles. The first kappa shape index (κ1) is 19.5. The molecular weight excluding hydrogens is 400 g/mol. The van der Waals surface area contributed by atoms with Crippen molar-refractivity contribution in [2.75, 3.05) is 5.32 Å². The van der Waals surface area contributed by atoms with Crippen molar-refractivity contribution in [3.8, 4) is 5.75 Å². The van der Waals surface area contributed by atoms with Crippen LogP contribution < -0.4 is 21.3 Å². The Morgan fingerprint density at radius 3 is 2.64 bits per heavy atom. The summed E-state index contributed by atoms with van der Waals surface area (Å²) < 4.78 is 32.2. The molecule has 0 unspecified atom stereocenters. The number of benzene rings is 1. The van der Waals surface area contributed by atoms with Gasteiger partial charge < -0.3 is 14.6 Å². The Morgan fingerprint density at radius 1 is 1.29 bits per heavy atom. The number of fused-ring (bicyclic) bond motifs is 1. The third kappa shape index (κ3) is 3.60. The van der Waals surface area contributed by atoms with Gasteiger partial charge in [0.05, 0.1) is 11.3 Å². The van der Waals surface area contributed by atoms with E-state index in [-0.39, 0.29) is 34.2 Å². The van der Waals surface area contributed by atoms with Crippen LogP contribution in [0.2, 0.25) is 5.02 Å². The van der Waals surface area contributed by atoms with Gasteiger partial charge in [-0.25, -0.2) is 9.78 Å². The number of nitrogens with zero attached hydrogens (tertiary/aromatic N) is 4. The molecule has 2 aromatic heterocycles. The normalized spacial score (nSPS) is 11.2. The van der Waals surface area contributed by atoms with Gasteiger partial charge in [0, 0.05) is 19.8 Å². The van der Waals surface area contributed by atoms with Crippen LogP contribution in [0, 0.1) is 0 Å². The highest BCUT2D eigenvalue weighted by Gasteiger charge is 2.16. The van der Waals surface area contributed by atoms with E-state index in [0.29, 0.717) is 0 Å². The Kier molecular flexibility index (Phi) is 5.18. The Bertz CT molecular complexity index is 1180. The molecule has 28 heavy (non-hydrogen) atoms. The average molecular weight is 414 g/mol. The number of aryl methyl sites for hydroxylation is 1. The second-order valence-electron chi connectivity index (χ2n) is 5.82. The molecule has 0 saturated carbocycles. The van der Waals surface area contributed by atoms with Crippen LogP contribution in [0.5, 0.6) is 5.75 Å². The van der Waals surface area contributed by atoms with Gasteiger partial charge in [-0.15, -0.1) is 0 Å². The highest BCUT2D eigenvalue weighted by Crippen LogP contribution is 2.28. The van der Waals surface area contributed by atoms with Crippen molar-refractivity contribution in [3.05, 3.63) is 50.4 Å². The van der Waals surface area contributed by atoms with Crippen LogP contribution in [0.15, 0.2) is 34.1 Å². The zero-order valence-corrected chi connectivity index (χ0v) is 15.4. The van der Waals surface area contributed by atoms with Crippen LogP contribution >= 0.6 is 11.6 Å². The Labute approximate surface area is 160 Å².